The fourth-order valence-corrected chi connectivity index (χ4v) is 2.56. The van der Waals surface area contributed by atoms with Crippen LogP contribution in [0.2, 0.25) is 0 Å². The summed E-state index contributed by atoms with van der Waals surface area (Å²) in [6, 6.07) is 7.46. The Labute approximate surface area is 157 Å². The number of urea groups is 1. The lowest BCUT2D eigenvalue weighted by Crippen LogP contribution is -2.31. The van der Waals surface area contributed by atoms with Crippen molar-refractivity contribution in [1.82, 2.24) is 9.80 Å². The van der Waals surface area contributed by atoms with E-state index in [1.165, 1.54) is 15.9 Å². The second kappa shape index (κ2) is 8.24. The highest BCUT2D eigenvalue weighted by atomic mass is 19.4. The summed E-state index contributed by atoms with van der Waals surface area (Å²) < 4.78 is 38.9. The van der Waals surface area contributed by atoms with E-state index >= 15 is 0 Å². The molecule has 1 heterocycles. The van der Waals surface area contributed by atoms with Crippen molar-refractivity contribution in [1.29, 1.82) is 0 Å². The van der Waals surface area contributed by atoms with Gasteiger partial charge >= 0.3 is 12.2 Å². The number of hydrogen-bond donors (Lipinski definition) is 0. The van der Waals surface area contributed by atoms with Crippen LogP contribution in [0.15, 0.2) is 65.3 Å². The minimum Gasteiger partial charge on any atom is -0.320 e. The van der Waals surface area contributed by atoms with Crippen LogP contribution in [0.4, 0.5) is 18.0 Å². The second-order valence-electron chi connectivity index (χ2n) is 6.25. The van der Waals surface area contributed by atoms with Crippen LogP contribution in [0, 0.1) is 6.92 Å². The van der Waals surface area contributed by atoms with Crippen molar-refractivity contribution in [2.45, 2.75) is 26.6 Å². The van der Waals surface area contributed by atoms with Crippen LogP contribution in [-0.4, -0.2) is 41.4 Å². The number of amides is 2. The van der Waals surface area contributed by atoms with Gasteiger partial charge in [-0.05, 0) is 25.5 Å². The molecule has 1 aromatic rings. The van der Waals surface area contributed by atoms with Gasteiger partial charge in [-0.1, -0.05) is 48.6 Å². The Morgan fingerprint density at radius 3 is 2.44 bits per heavy atom. The second-order valence-corrected chi connectivity index (χ2v) is 6.25. The van der Waals surface area contributed by atoms with E-state index in [0.29, 0.717) is 12.4 Å². The summed E-state index contributed by atoms with van der Waals surface area (Å²) in [6.07, 6.45) is -1.37. The molecule has 0 aromatic heterocycles. The lowest BCUT2D eigenvalue weighted by molar-refractivity contribution is -0.0882. The maximum absolute atomic E-state index is 13.0. The van der Waals surface area contributed by atoms with Crippen molar-refractivity contribution >= 4 is 11.9 Å². The van der Waals surface area contributed by atoms with E-state index in [9.17, 15) is 18.0 Å². The zero-order valence-electron chi connectivity index (χ0n) is 15.5. The third-order valence-electron chi connectivity index (χ3n) is 4.11. The van der Waals surface area contributed by atoms with Gasteiger partial charge in [0.15, 0.2) is 0 Å². The van der Waals surface area contributed by atoms with Gasteiger partial charge in [0.1, 0.15) is 5.84 Å². The average Bonchev–Trinajstić information content (AvgIpc) is 2.86. The Kier molecular flexibility index (Phi) is 6.25. The molecule has 0 radical (unpaired) electrons. The summed E-state index contributed by atoms with van der Waals surface area (Å²) in [5.74, 6) is 0.401. The Balaban J connectivity index is 2.34. The third-order valence-corrected chi connectivity index (χ3v) is 4.11. The van der Waals surface area contributed by atoms with Crippen LogP contribution in [0.1, 0.15) is 18.1 Å². The van der Waals surface area contributed by atoms with Gasteiger partial charge in [-0.2, -0.15) is 13.2 Å². The Morgan fingerprint density at radius 2 is 1.93 bits per heavy atom. The van der Waals surface area contributed by atoms with E-state index in [2.05, 4.69) is 11.6 Å². The molecule has 1 aromatic carbocycles. The lowest BCUT2D eigenvalue weighted by atomic mass is 10.1. The van der Waals surface area contributed by atoms with Gasteiger partial charge in [-0.3, -0.25) is 4.90 Å². The van der Waals surface area contributed by atoms with Crippen LogP contribution in [0.5, 0.6) is 0 Å². The highest BCUT2D eigenvalue weighted by molar-refractivity contribution is 6.05. The van der Waals surface area contributed by atoms with E-state index < -0.39 is 11.7 Å². The maximum atomic E-state index is 13.0. The summed E-state index contributed by atoms with van der Waals surface area (Å²) in [6.45, 7) is 7.30. The van der Waals surface area contributed by atoms with Crippen LogP contribution < -0.4 is 0 Å². The predicted molar refractivity (Wildman–Crippen MR) is 100 cm³/mol. The Hall–Kier alpha value is -2.83. The number of aryl methyl sites for hydroxylation is 1. The smallest absolute Gasteiger partial charge is 0.320 e. The molecule has 4 nitrogen and oxygen atoms in total. The van der Waals surface area contributed by atoms with E-state index in [1.54, 1.807) is 14.0 Å². The van der Waals surface area contributed by atoms with Gasteiger partial charge < -0.3 is 4.90 Å². The molecule has 0 N–H and O–H groups in total. The molecule has 144 valence electrons. The molecule has 1 aliphatic heterocycles. The number of hydrogen-bond acceptors (Lipinski definition) is 2. The summed E-state index contributed by atoms with van der Waals surface area (Å²) in [5, 5.41) is 0. The Morgan fingerprint density at radius 1 is 1.30 bits per heavy atom. The van der Waals surface area contributed by atoms with Crippen molar-refractivity contribution in [3.8, 4) is 0 Å². The number of rotatable bonds is 5. The largest absolute Gasteiger partial charge is 0.416 e. The van der Waals surface area contributed by atoms with Crippen molar-refractivity contribution < 1.29 is 18.0 Å². The molecule has 0 unspecified atom stereocenters. The highest BCUT2D eigenvalue weighted by Crippen LogP contribution is 2.28. The monoisotopic (exact) mass is 377 g/mol. The number of allylic oxidation sites excluding steroid dienone is 4. The van der Waals surface area contributed by atoms with E-state index in [0.717, 1.165) is 23.3 Å². The number of carbonyl (C=O) groups is 1. The van der Waals surface area contributed by atoms with E-state index in [1.807, 2.05) is 31.2 Å². The molecular weight excluding hydrogens is 355 g/mol. The zero-order chi connectivity index (χ0) is 20.2. The third kappa shape index (κ3) is 5.09. The molecule has 2 rings (SSSR count). The van der Waals surface area contributed by atoms with Crippen LogP contribution in [-0.2, 0) is 6.54 Å². The summed E-state index contributed by atoms with van der Waals surface area (Å²) in [7, 11) is 1.63. The summed E-state index contributed by atoms with van der Waals surface area (Å²) in [4.78, 5) is 19.7. The fourth-order valence-electron chi connectivity index (χ4n) is 2.56. The number of amidine groups is 1. The summed E-state index contributed by atoms with van der Waals surface area (Å²) >= 11 is 0. The molecule has 0 spiro atoms. The first-order valence-corrected chi connectivity index (χ1v) is 8.39. The molecule has 2 amide bonds. The maximum Gasteiger partial charge on any atom is 0.416 e. The normalized spacial score (nSPS) is 17.9. The molecule has 1 fully saturated rings. The highest BCUT2D eigenvalue weighted by Gasteiger charge is 2.33. The number of halogens is 3. The molecular formula is C20H22F3N3O. The minimum atomic E-state index is -4.51. The molecule has 0 atom stereocenters. The first-order chi connectivity index (χ1) is 12.7. The topological polar surface area (TPSA) is 35.9 Å². The van der Waals surface area contributed by atoms with Crippen molar-refractivity contribution in [2.24, 2.45) is 4.99 Å². The van der Waals surface area contributed by atoms with Gasteiger partial charge in [0, 0.05) is 7.05 Å². The minimum absolute atomic E-state index is 0.120. The number of alkyl halides is 3. The molecule has 7 heteroatoms. The number of aliphatic imine (C=N–C) groups is 1. The van der Waals surface area contributed by atoms with Crippen LogP contribution in [0.3, 0.4) is 0 Å². The number of likely N-dealkylation sites (N-methyl/N-ethyl adjacent to an activating group) is 1. The van der Waals surface area contributed by atoms with Crippen molar-refractivity contribution in [3.63, 3.8) is 0 Å². The van der Waals surface area contributed by atoms with Gasteiger partial charge in [0.2, 0.25) is 0 Å². The molecule has 0 saturated carbocycles. The van der Waals surface area contributed by atoms with Gasteiger partial charge in [-0.15, -0.1) is 0 Å². The molecule has 27 heavy (non-hydrogen) atoms. The number of carbonyl (C=O) groups excluding carboxylic acids is 1. The predicted octanol–water partition coefficient (Wildman–Crippen LogP) is 4.84. The first kappa shape index (κ1) is 20.5. The van der Waals surface area contributed by atoms with Crippen LogP contribution in [0.25, 0.3) is 0 Å². The molecule has 0 aliphatic carbocycles. The number of benzene rings is 1. The molecule has 1 saturated heterocycles. The first-order valence-electron chi connectivity index (χ1n) is 8.39. The number of nitrogens with zero attached hydrogens (tertiary/aromatic N) is 3. The van der Waals surface area contributed by atoms with Gasteiger partial charge in [0.05, 0.1) is 24.4 Å². The Bertz CT molecular complexity index is 805. The molecule has 0 bridgehead atoms. The molecule has 1 aliphatic rings. The quantitative estimate of drug-likeness (QED) is 0.677. The lowest BCUT2D eigenvalue weighted by Gasteiger charge is -2.17. The fraction of sp³-hybridized carbons (Fsp3) is 0.300. The zero-order valence-corrected chi connectivity index (χ0v) is 15.5. The van der Waals surface area contributed by atoms with E-state index in [4.69, 9.17) is 0 Å². The standard InChI is InChI=1S/C20H22F3N3O/c1-5-16(20(21,22)23)11-17(6-2)24-18-13-25(4)19(27)26(18)12-15-9-7-14(3)8-10-15/h5-11H,1,12-13H2,2-4H3/b16-11+,17-6+,24-18?. The average molecular weight is 377 g/mol. The van der Waals surface area contributed by atoms with Crippen LogP contribution >= 0.6 is 0 Å². The van der Waals surface area contributed by atoms with Crippen molar-refractivity contribution in [3.05, 3.63) is 71.5 Å². The van der Waals surface area contributed by atoms with Crippen molar-refractivity contribution in [2.75, 3.05) is 13.6 Å². The van der Waals surface area contributed by atoms with Gasteiger partial charge in [-0.25, -0.2) is 9.79 Å². The van der Waals surface area contributed by atoms with E-state index in [-0.39, 0.29) is 18.3 Å². The summed E-state index contributed by atoms with van der Waals surface area (Å²) in [5.41, 5.74) is 1.25. The van der Waals surface area contributed by atoms with Gasteiger partial charge in [0.25, 0.3) is 0 Å². The SMILES string of the molecule is C=C/C(=C\C(=C/C)N=C1CN(C)C(=O)N1Cc1ccc(C)cc1)C(F)(F)F.